The first-order valence-corrected chi connectivity index (χ1v) is 4.75. The quantitative estimate of drug-likeness (QED) is 0.673. The smallest absolute Gasteiger partial charge is 0.134 e. The Kier molecular flexibility index (Phi) is 2.09. The maximum absolute atomic E-state index is 11.2. The summed E-state index contributed by atoms with van der Waals surface area (Å²) < 4.78 is 0. The molecule has 0 aromatic heterocycles. The highest BCUT2D eigenvalue weighted by Gasteiger charge is 2.39. The lowest BCUT2D eigenvalue weighted by Crippen LogP contribution is -2.19. The molecule has 0 radical (unpaired) electrons. The van der Waals surface area contributed by atoms with Crippen LogP contribution in [0.15, 0.2) is 30.3 Å². The van der Waals surface area contributed by atoms with Gasteiger partial charge < -0.3 is 0 Å². The number of hydrogen-bond donors (Lipinski definition) is 0. The molecule has 1 fully saturated rings. The molecule has 0 N–H and O–H groups in total. The van der Waals surface area contributed by atoms with Gasteiger partial charge in [-0.05, 0) is 12.0 Å². The van der Waals surface area contributed by atoms with E-state index in [1.165, 1.54) is 0 Å². The molecule has 14 heavy (non-hydrogen) atoms. The van der Waals surface area contributed by atoms with Crippen molar-refractivity contribution in [2.24, 2.45) is 0 Å². The number of ketones is 1. The molecule has 1 saturated carbocycles. The molecule has 1 unspecified atom stereocenters. The van der Waals surface area contributed by atoms with Gasteiger partial charge in [-0.15, -0.1) is 0 Å². The van der Waals surface area contributed by atoms with Crippen LogP contribution in [0.3, 0.4) is 0 Å². The van der Waals surface area contributed by atoms with Crippen LogP contribution in [0.1, 0.15) is 24.8 Å². The predicted octanol–water partition coefficient (Wildman–Crippen LogP) is 2.20. The van der Waals surface area contributed by atoms with Crippen LogP contribution >= 0.6 is 0 Å². The molecule has 0 saturated heterocycles. The molecule has 1 aromatic rings. The predicted molar refractivity (Wildman–Crippen MR) is 52.6 cm³/mol. The molecule has 1 atom stereocenters. The lowest BCUT2D eigenvalue weighted by molar-refractivity contribution is -0.117. The molecular weight excluding hydrogens is 174 g/mol. The molecule has 0 bridgehead atoms. The fourth-order valence-corrected chi connectivity index (χ4v) is 2.03. The highest BCUT2D eigenvalue weighted by atomic mass is 16.1. The van der Waals surface area contributed by atoms with Crippen LogP contribution in [0, 0.1) is 11.3 Å². The molecule has 0 amide bonds. The van der Waals surface area contributed by atoms with Gasteiger partial charge in [0.25, 0.3) is 0 Å². The molecule has 0 heterocycles. The fourth-order valence-electron chi connectivity index (χ4n) is 2.03. The topological polar surface area (TPSA) is 40.9 Å². The summed E-state index contributed by atoms with van der Waals surface area (Å²) in [6.45, 7) is 0. The third-order valence-electron chi connectivity index (χ3n) is 2.87. The Morgan fingerprint density at radius 1 is 1.29 bits per heavy atom. The number of carbonyl (C=O) groups excluding carboxylic acids is 1. The standard InChI is InChI=1S/C12H11NO/c13-9-12(7-6-11(14)8-12)10-4-2-1-3-5-10/h1-5H,6-8H2. The Balaban J connectivity index is 2.41. The number of rotatable bonds is 1. The van der Waals surface area contributed by atoms with Crippen molar-refractivity contribution in [3.63, 3.8) is 0 Å². The van der Waals surface area contributed by atoms with Crippen LogP contribution < -0.4 is 0 Å². The van der Waals surface area contributed by atoms with Crippen LogP contribution in [0.5, 0.6) is 0 Å². The minimum absolute atomic E-state index is 0.204. The van der Waals surface area contributed by atoms with Gasteiger partial charge in [0.2, 0.25) is 0 Å². The van der Waals surface area contributed by atoms with Crippen molar-refractivity contribution >= 4 is 5.78 Å². The highest BCUT2D eigenvalue weighted by molar-refractivity contribution is 5.83. The Labute approximate surface area is 83.2 Å². The zero-order valence-corrected chi connectivity index (χ0v) is 7.86. The van der Waals surface area contributed by atoms with Crippen LogP contribution in [0.25, 0.3) is 0 Å². The van der Waals surface area contributed by atoms with Gasteiger partial charge in [0.15, 0.2) is 0 Å². The number of hydrogen-bond acceptors (Lipinski definition) is 2. The van der Waals surface area contributed by atoms with Gasteiger partial charge in [-0.25, -0.2) is 0 Å². The van der Waals surface area contributed by atoms with Gasteiger partial charge in [0, 0.05) is 12.8 Å². The molecule has 2 rings (SSSR count). The summed E-state index contributed by atoms with van der Waals surface area (Å²) in [5.41, 5.74) is 0.437. The molecular formula is C12H11NO. The number of benzene rings is 1. The van der Waals surface area contributed by atoms with Crippen molar-refractivity contribution in [3.8, 4) is 6.07 Å². The van der Waals surface area contributed by atoms with Crippen molar-refractivity contribution in [2.75, 3.05) is 0 Å². The second-order valence-electron chi connectivity index (χ2n) is 3.78. The molecule has 0 aliphatic heterocycles. The summed E-state index contributed by atoms with van der Waals surface area (Å²) in [7, 11) is 0. The molecule has 2 heteroatoms. The first-order valence-electron chi connectivity index (χ1n) is 4.75. The largest absolute Gasteiger partial charge is 0.300 e. The maximum Gasteiger partial charge on any atom is 0.134 e. The van der Waals surface area contributed by atoms with Crippen molar-refractivity contribution in [1.29, 1.82) is 5.26 Å². The molecule has 2 nitrogen and oxygen atoms in total. The lowest BCUT2D eigenvalue weighted by atomic mass is 9.80. The lowest BCUT2D eigenvalue weighted by Gasteiger charge is -2.19. The highest BCUT2D eigenvalue weighted by Crippen LogP contribution is 2.38. The average molecular weight is 185 g/mol. The summed E-state index contributed by atoms with van der Waals surface area (Å²) in [5.74, 6) is 0.204. The Morgan fingerprint density at radius 2 is 2.00 bits per heavy atom. The molecule has 1 aliphatic carbocycles. The third-order valence-corrected chi connectivity index (χ3v) is 2.87. The SMILES string of the molecule is N#CC1(c2ccccc2)CCC(=O)C1. The van der Waals surface area contributed by atoms with E-state index in [0.717, 1.165) is 5.56 Å². The third kappa shape index (κ3) is 1.31. The van der Waals surface area contributed by atoms with E-state index in [-0.39, 0.29) is 5.78 Å². The van der Waals surface area contributed by atoms with E-state index in [9.17, 15) is 10.1 Å². The number of Topliss-reactive ketones (excluding diaryl/α,β-unsaturated/α-hetero) is 1. The van der Waals surface area contributed by atoms with E-state index in [0.29, 0.717) is 19.3 Å². The van der Waals surface area contributed by atoms with Gasteiger partial charge in [0.05, 0.1) is 11.5 Å². The van der Waals surface area contributed by atoms with Crippen molar-refractivity contribution < 1.29 is 4.79 Å². The van der Waals surface area contributed by atoms with E-state index < -0.39 is 5.41 Å². The second-order valence-corrected chi connectivity index (χ2v) is 3.78. The van der Waals surface area contributed by atoms with Gasteiger partial charge >= 0.3 is 0 Å². The Bertz CT molecular complexity index is 391. The zero-order chi connectivity index (χ0) is 10.0. The number of nitrogens with zero attached hydrogens (tertiary/aromatic N) is 1. The average Bonchev–Trinajstić information content (AvgIpc) is 2.63. The summed E-state index contributed by atoms with van der Waals surface area (Å²) in [4.78, 5) is 11.2. The summed E-state index contributed by atoms with van der Waals surface area (Å²) >= 11 is 0. The minimum Gasteiger partial charge on any atom is -0.300 e. The number of nitriles is 1. The van der Waals surface area contributed by atoms with Gasteiger partial charge in [-0.3, -0.25) is 4.79 Å². The van der Waals surface area contributed by atoms with Crippen molar-refractivity contribution in [1.82, 2.24) is 0 Å². The minimum atomic E-state index is -0.543. The first kappa shape index (κ1) is 8.96. The summed E-state index contributed by atoms with van der Waals surface area (Å²) in [5, 5.41) is 9.19. The molecule has 0 spiro atoms. The maximum atomic E-state index is 11.2. The monoisotopic (exact) mass is 185 g/mol. The summed E-state index contributed by atoms with van der Waals surface area (Å²) in [6, 6.07) is 11.9. The first-order chi connectivity index (χ1) is 6.77. The molecule has 1 aliphatic rings. The van der Waals surface area contributed by atoms with E-state index in [2.05, 4.69) is 6.07 Å². The van der Waals surface area contributed by atoms with Crippen molar-refractivity contribution in [3.05, 3.63) is 35.9 Å². The van der Waals surface area contributed by atoms with Crippen LogP contribution in [0.2, 0.25) is 0 Å². The normalized spacial score (nSPS) is 26.1. The molecule has 70 valence electrons. The number of carbonyl (C=O) groups is 1. The van der Waals surface area contributed by atoms with Crippen LogP contribution in [-0.2, 0) is 10.2 Å². The Hall–Kier alpha value is -1.62. The van der Waals surface area contributed by atoms with Crippen LogP contribution in [0.4, 0.5) is 0 Å². The van der Waals surface area contributed by atoms with Gasteiger partial charge in [0.1, 0.15) is 5.78 Å². The van der Waals surface area contributed by atoms with Gasteiger partial charge in [-0.2, -0.15) is 5.26 Å². The molecule has 1 aromatic carbocycles. The second kappa shape index (κ2) is 3.26. The Morgan fingerprint density at radius 3 is 2.50 bits per heavy atom. The van der Waals surface area contributed by atoms with Crippen LogP contribution in [-0.4, -0.2) is 5.78 Å². The van der Waals surface area contributed by atoms with Gasteiger partial charge in [-0.1, -0.05) is 30.3 Å². The fraction of sp³-hybridized carbons (Fsp3) is 0.333. The van der Waals surface area contributed by atoms with E-state index in [1.807, 2.05) is 30.3 Å². The van der Waals surface area contributed by atoms with Crippen molar-refractivity contribution in [2.45, 2.75) is 24.7 Å². The van der Waals surface area contributed by atoms with E-state index >= 15 is 0 Å². The van der Waals surface area contributed by atoms with E-state index in [4.69, 9.17) is 0 Å². The zero-order valence-electron chi connectivity index (χ0n) is 7.86. The summed E-state index contributed by atoms with van der Waals surface area (Å²) in [6.07, 6.45) is 1.60. The van der Waals surface area contributed by atoms with E-state index in [1.54, 1.807) is 0 Å².